The number of aliphatic hydroxyl groups is 1. The van der Waals surface area contributed by atoms with Crippen molar-refractivity contribution in [3.8, 4) is 0 Å². The highest BCUT2D eigenvalue weighted by Gasteiger charge is 2.20. The molecule has 0 aliphatic carbocycles. The number of aliphatic imine (C=N–C) groups is 1. The molecule has 0 saturated carbocycles. The fourth-order valence-electron chi connectivity index (χ4n) is 1.86. The monoisotopic (exact) mass is 353 g/mol. The molecule has 23 heavy (non-hydrogen) atoms. The van der Waals surface area contributed by atoms with E-state index in [1.807, 2.05) is 31.2 Å². The quantitative estimate of drug-likeness (QED) is 0.541. The average Bonchev–Trinajstić information content (AvgIpc) is 3.02. The molecule has 1 atom stereocenters. The van der Waals surface area contributed by atoms with E-state index in [2.05, 4.69) is 10.3 Å². The van der Waals surface area contributed by atoms with Crippen molar-refractivity contribution in [2.75, 3.05) is 17.6 Å². The second kappa shape index (κ2) is 7.58. The maximum Gasteiger partial charge on any atom is 0.193 e. The molecule has 8 heteroatoms. The minimum Gasteiger partial charge on any atom is -0.390 e. The fourth-order valence-corrected chi connectivity index (χ4v) is 4.32. The molecule has 0 fully saturated rings. The molecule has 1 aromatic carbocycles. The number of aryl methyl sites for hydroxylation is 1. The van der Waals surface area contributed by atoms with Crippen LogP contribution in [0.2, 0.25) is 0 Å². The van der Waals surface area contributed by atoms with Gasteiger partial charge in [-0.05, 0) is 30.5 Å². The lowest BCUT2D eigenvalue weighted by Crippen LogP contribution is -2.28. The molecule has 4 N–H and O–H groups in total. The number of nitrogens with zero attached hydrogens (tertiary/aromatic N) is 1. The first-order valence-electron chi connectivity index (χ1n) is 6.95. The topological polar surface area (TPSA) is 105 Å². The van der Waals surface area contributed by atoms with Crippen LogP contribution >= 0.6 is 11.3 Å². The first-order chi connectivity index (χ1) is 10.9. The van der Waals surface area contributed by atoms with Gasteiger partial charge in [0.1, 0.15) is 4.21 Å². The van der Waals surface area contributed by atoms with Gasteiger partial charge < -0.3 is 16.2 Å². The Balaban J connectivity index is 1.90. The molecule has 0 aliphatic rings. The van der Waals surface area contributed by atoms with Crippen LogP contribution in [-0.2, 0) is 9.84 Å². The lowest BCUT2D eigenvalue weighted by molar-refractivity contribution is 0.206. The van der Waals surface area contributed by atoms with Crippen LogP contribution < -0.4 is 11.1 Å². The number of nitrogens with one attached hydrogen (secondary N) is 1. The summed E-state index contributed by atoms with van der Waals surface area (Å²) in [6.45, 7) is 1.89. The molecule has 0 saturated heterocycles. The molecule has 1 heterocycles. The predicted octanol–water partition coefficient (Wildman–Crippen LogP) is 1.62. The summed E-state index contributed by atoms with van der Waals surface area (Å²) in [5, 5.41) is 14.4. The van der Waals surface area contributed by atoms with Crippen LogP contribution in [0.5, 0.6) is 0 Å². The molecule has 0 spiro atoms. The second-order valence-corrected chi connectivity index (χ2v) is 8.29. The van der Waals surface area contributed by atoms with Crippen LogP contribution in [0.4, 0.5) is 5.69 Å². The van der Waals surface area contributed by atoms with Gasteiger partial charge in [0.15, 0.2) is 15.8 Å². The van der Waals surface area contributed by atoms with E-state index in [-0.39, 0.29) is 22.5 Å². The summed E-state index contributed by atoms with van der Waals surface area (Å²) in [5.41, 5.74) is 7.63. The van der Waals surface area contributed by atoms with Gasteiger partial charge in [0.25, 0.3) is 0 Å². The van der Waals surface area contributed by atoms with Gasteiger partial charge in [0.05, 0.1) is 18.4 Å². The Morgan fingerprint density at radius 2 is 2.04 bits per heavy atom. The van der Waals surface area contributed by atoms with Crippen molar-refractivity contribution in [3.05, 3.63) is 47.3 Å². The maximum atomic E-state index is 12.0. The van der Waals surface area contributed by atoms with Crippen molar-refractivity contribution in [2.45, 2.75) is 17.2 Å². The van der Waals surface area contributed by atoms with Gasteiger partial charge in [0, 0.05) is 5.69 Å². The number of rotatable bonds is 6. The molecule has 2 aromatic rings. The van der Waals surface area contributed by atoms with E-state index in [0.29, 0.717) is 0 Å². The largest absolute Gasteiger partial charge is 0.390 e. The summed E-state index contributed by atoms with van der Waals surface area (Å²) in [7, 11) is -3.49. The highest BCUT2D eigenvalue weighted by Crippen LogP contribution is 2.18. The van der Waals surface area contributed by atoms with Crippen molar-refractivity contribution in [1.82, 2.24) is 0 Å². The first kappa shape index (κ1) is 17.5. The summed E-state index contributed by atoms with van der Waals surface area (Å²) in [6, 6.07) is 10.7. The molecule has 0 bridgehead atoms. The van der Waals surface area contributed by atoms with Gasteiger partial charge in [-0.25, -0.2) is 8.42 Å². The summed E-state index contributed by atoms with van der Waals surface area (Å²) in [4.78, 5) is 3.98. The summed E-state index contributed by atoms with van der Waals surface area (Å²) in [5.74, 6) is -0.254. The third kappa shape index (κ3) is 5.34. The normalized spacial score (nSPS) is 13.7. The highest BCUT2D eigenvalue weighted by molar-refractivity contribution is 7.93. The highest BCUT2D eigenvalue weighted by atomic mass is 32.2. The minimum absolute atomic E-state index is 0.0880. The fraction of sp³-hybridized carbons (Fsp3) is 0.267. The van der Waals surface area contributed by atoms with E-state index >= 15 is 0 Å². The number of sulfone groups is 1. The SMILES string of the molecule is Cc1ccc(NC(N)=NCC(O)CS(=O)(=O)c2cccs2)cc1. The van der Waals surface area contributed by atoms with Crippen molar-refractivity contribution >= 4 is 32.8 Å². The molecule has 1 unspecified atom stereocenters. The van der Waals surface area contributed by atoms with Gasteiger partial charge in [-0.1, -0.05) is 23.8 Å². The van der Waals surface area contributed by atoms with E-state index < -0.39 is 15.9 Å². The number of hydrogen-bond acceptors (Lipinski definition) is 5. The van der Waals surface area contributed by atoms with Crippen molar-refractivity contribution in [2.24, 2.45) is 10.7 Å². The smallest absolute Gasteiger partial charge is 0.193 e. The molecule has 0 radical (unpaired) electrons. The van der Waals surface area contributed by atoms with Crippen LogP contribution in [0.25, 0.3) is 0 Å². The van der Waals surface area contributed by atoms with E-state index in [1.165, 1.54) is 6.07 Å². The van der Waals surface area contributed by atoms with Crippen molar-refractivity contribution in [1.29, 1.82) is 0 Å². The van der Waals surface area contributed by atoms with Crippen LogP contribution in [0.1, 0.15) is 5.56 Å². The van der Waals surface area contributed by atoms with Crippen LogP contribution in [-0.4, -0.2) is 37.9 Å². The average molecular weight is 353 g/mol. The van der Waals surface area contributed by atoms with Gasteiger partial charge in [-0.3, -0.25) is 4.99 Å². The Kier molecular flexibility index (Phi) is 5.75. The first-order valence-corrected chi connectivity index (χ1v) is 9.48. The molecule has 124 valence electrons. The van der Waals surface area contributed by atoms with E-state index in [0.717, 1.165) is 22.6 Å². The zero-order valence-electron chi connectivity index (χ0n) is 12.6. The van der Waals surface area contributed by atoms with E-state index in [9.17, 15) is 13.5 Å². The lowest BCUT2D eigenvalue weighted by Gasteiger charge is -2.09. The Morgan fingerprint density at radius 3 is 2.65 bits per heavy atom. The maximum absolute atomic E-state index is 12.0. The van der Waals surface area contributed by atoms with Gasteiger partial charge in [-0.15, -0.1) is 11.3 Å². The van der Waals surface area contributed by atoms with E-state index in [4.69, 9.17) is 5.73 Å². The van der Waals surface area contributed by atoms with Gasteiger partial charge >= 0.3 is 0 Å². The summed E-state index contributed by atoms with van der Waals surface area (Å²) < 4.78 is 24.3. The predicted molar refractivity (Wildman–Crippen MR) is 93.7 cm³/mol. The van der Waals surface area contributed by atoms with Gasteiger partial charge in [-0.2, -0.15) is 0 Å². The van der Waals surface area contributed by atoms with E-state index in [1.54, 1.807) is 11.4 Å². The molecular formula is C15H19N3O3S2. The number of thiophene rings is 1. The van der Waals surface area contributed by atoms with Gasteiger partial charge in [0.2, 0.25) is 0 Å². The number of guanidine groups is 1. The zero-order valence-corrected chi connectivity index (χ0v) is 14.3. The molecular weight excluding hydrogens is 334 g/mol. The van der Waals surface area contributed by atoms with Crippen molar-refractivity contribution in [3.63, 3.8) is 0 Å². The lowest BCUT2D eigenvalue weighted by atomic mass is 10.2. The molecule has 0 aliphatic heterocycles. The number of anilines is 1. The van der Waals surface area contributed by atoms with Crippen LogP contribution in [0.15, 0.2) is 51.0 Å². The summed E-state index contributed by atoms with van der Waals surface area (Å²) in [6.07, 6.45) is -1.11. The third-order valence-electron chi connectivity index (χ3n) is 3.01. The number of nitrogens with two attached hydrogens (primary N) is 1. The Morgan fingerprint density at radius 1 is 1.35 bits per heavy atom. The summed E-state index contributed by atoms with van der Waals surface area (Å²) >= 11 is 1.13. The Labute approximate surface area is 139 Å². The molecule has 6 nitrogen and oxygen atoms in total. The zero-order chi connectivity index (χ0) is 16.9. The Hall–Kier alpha value is -1.90. The minimum atomic E-state index is -3.49. The number of aliphatic hydroxyl groups excluding tert-OH is 1. The molecule has 2 rings (SSSR count). The van der Waals surface area contributed by atoms with Crippen molar-refractivity contribution < 1.29 is 13.5 Å². The van der Waals surface area contributed by atoms with Crippen LogP contribution in [0, 0.1) is 6.92 Å². The number of benzene rings is 1. The molecule has 1 aromatic heterocycles. The number of hydrogen-bond donors (Lipinski definition) is 3. The second-order valence-electron chi connectivity index (χ2n) is 5.08. The molecule has 0 amide bonds. The Bertz CT molecular complexity index is 754. The standard InChI is InChI=1S/C15H19N3O3S2/c1-11-4-6-12(7-5-11)18-15(16)17-9-13(19)10-23(20,21)14-3-2-8-22-14/h2-8,13,19H,9-10H2,1H3,(H3,16,17,18). The van der Waals surface area contributed by atoms with Crippen LogP contribution in [0.3, 0.4) is 0 Å². The third-order valence-corrected chi connectivity index (χ3v) is 6.29.